The Morgan fingerprint density at radius 3 is 2.38 bits per heavy atom. The lowest BCUT2D eigenvalue weighted by Crippen LogP contribution is -2.31. The summed E-state index contributed by atoms with van der Waals surface area (Å²) in [5.74, 6) is 0. The van der Waals surface area contributed by atoms with Crippen molar-refractivity contribution in [2.45, 2.75) is 20.4 Å². The summed E-state index contributed by atoms with van der Waals surface area (Å²) in [5, 5.41) is 17.7. The standard InChI is InChI=1S/C15H19N5O3.ClH/c1-10-14(11(2)19(4)17-10)9-18(3)15(21)16-12-5-7-13(8-6-12)20(22)23;/h5-8H,9H2,1-4H3,(H,16,21);1H. The lowest BCUT2D eigenvalue weighted by Gasteiger charge is -2.18. The Morgan fingerprint density at radius 1 is 1.33 bits per heavy atom. The average Bonchev–Trinajstić information content (AvgIpc) is 2.74. The first kappa shape index (κ1) is 19.4. The zero-order valence-electron chi connectivity index (χ0n) is 13.9. The number of aromatic nitrogens is 2. The van der Waals surface area contributed by atoms with Crippen molar-refractivity contribution in [3.05, 3.63) is 51.3 Å². The highest BCUT2D eigenvalue weighted by Crippen LogP contribution is 2.17. The van der Waals surface area contributed by atoms with E-state index in [4.69, 9.17) is 0 Å². The van der Waals surface area contributed by atoms with Crippen LogP contribution in [0.2, 0.25) is 0 Å². The van der Waals surface area contributed by atoms with Crippen molar-refractivity contribution in [2.75, 3.05) is 12.4 Å². The molecule has 0 saturated carbocycles. The van der Waals surface area contributed by atoms with E-state index in [1.165, 1.54) is 24.3 Å². The number of anilines is 1. The predicted octanol–water partition coefficient (Wildman–Crippen LogP) is 3.03. The molecule has 1 aromatic heterocycles. The smallest absolute Gasteiger partial charge is 0.321 e. The Kier molecular flexibility index (Phi) is 6.30. The molecule has 0 unspecified atom stereocenters. The molecule has 24 heavy (non-hydrogen) atoms. The van der Waals surface area contributed by atoms with Gasteiger partial charge in [-0.25, -0.2) is 4.79 Å². The first-order chi connectivity index (χ1) is 10.8. The average molecular weight is 354 g/mol. The van der Waals surface area contributed by atoms with Gasteiger partial charge in [-0.15, -0.1) is 12.4 Å². The summed E-state index contributed by atoms with van der Waals surface area (Å²) in [5.41, 5.74) is 3.40. The molecular weight excluding hydrogens is 334 g/mol. The topological polar surface area (TPSA) is 93.3 Å². The van der Waals surface area contributed by atoms with Crippen molar-refractivity contribution in [2.24, 2.45) is 7.05 Å². The lowest BCUT2D eigenvalue weighted by atomic mass is 10.2. The van der Waals surface area contributed by atoms with Crippen molar-refractivity contribution in [1.82, 2.24) is 14.7 Å². The van der Waals surface area contributed by atoms with Crippen molar-refractivity contribution in [3.8, 4) is 0 Å². The summed E-state index contributed by atoms with van der Waals surface area (Å²) < 4.78 is 1.78. The van der Waals surface area contributed by atoms with Gasteiger partial charge >= 0.3 is 6.03 Å². The number of halogens is 1. The van der Waals surface area contributed by atoms with E-state index >= 15 is 0 Å². The molecule has 2 rings (SSSR count). The number of aryl methyl sites for hydroxylation is 2. The first-order valence-electron chi connectivity index (χ1n) is 7.05. The maximum Gasteiger partial charge on any atom is 0.321 e. The second kappa shape index (κ2) is 7.78. The molecule has 0 aliphatic heterocycles. The number of benzene rings is 1. The van der Waals surface area contributed by atoms with E-state index in [-0.39, 0.29) is 24.1 Å². The number of amides is 2. The van der Waals surface area contributed by atoms with Crippen LogP contribution in [0.4, 0.5) is 16.2 Å². The molecule has 130 valence electrons. The van der Waals surface area contributed by atoms with E-state index in [2.05, 4.69) is 10.4 Å². The Morgan fingerprint density at radius 2 is 1.92 bits per heavy atom. The Hall–Kier alpha value is -2.61. The molecule has 1 N–H and O–H groups in total. The summed E-state index contributed by atoms with van der Waals surface area (Å²) >= 11 is 0. The fourth-order valence-electron chi connectivity index (χ4n) is 2.24. The van der Waals surface area contributed by atoms with Gasteiger partial charge in [-0.1, -0.05) is 0 Å². The molecule has 0 bridgehead atoms. The molecule has 2 aromatic rings. The highest BCUT2D eigenvalue weighted by Gasteiger charge is 2.15. The Labute approximate surface area is 146 Å². The molecular formula is C15H20ClN5O3. The number of urea groups is 1. The number of non-ortho nitro benzene ring substituents is 1. The second-order valence-corrected chi connectivity index (χ2v) is 5.36. The molecule has 2 amide bonds. The SMILES string of the molecule is Cc1nn(C)c(C)c1CN(C)C(=O)Nc1ccc([N+](=O)[O-])cc1.Cl. The van der Waals surface area contributed by atoms with E-state index in [1.54, 1.807) is 16.6 Å². The normalized spacial score (nSPS) is 10.0. The number of hydrogen-bond donors (Lipinski definition) is 1. The number of nitro groups is 1. The molecule has 1 heterocycles. The summed E-state index contributed by atoms with van der Waals surface area (Å²) in [6, 6.07) is 5.42. The molecule has 0 atom stereocenters. The Balaban J connectivity index is 0.00000288. The quantitative estimate of drug-likeness (QED) is 0.675. The molecule has 0 radical (unpaired) electrons. The molecule has 8 nitrogen and oxygen atoms in total. The minimum Gasteiger partial charge on any atom is -0.323 e. The zero-order chi connectivity index (χ0) is 17.1. The summed E-state index contributed by atoms with van der Waals surface area (Å²) in [4.78, 5) is 23.9. The van der Waals surface area contributed by atoms with Crippen LogP contribution in [0, 0.1) is 24.0 Å². The maximum absolute atomic E-state index is 12.2. The molecule has 0 fully saturated rings. The number of nitrogens with one attached hydrogen (secondary N) is 1. The van der Waals surface area contributed by atoms with Crippen LogP contribution in [0.5, 0.6) is 0 Å². The fraction of sp³-hybridized carbons (Fsp3) is 0.333. The number of hydrogen-bond acceptors (Lipinski definition) is 4. The highest BCUT2D eigenvalue weighted by atomic mass is 35.5. The van der Waals surface area contributed by atoms with Gasteiger partial charge in [-0.2, -0.15) is 5.10 Å². The van der Waals surface area contributed by atoms with Crippen molar-refractivity contribution in [3.63, 3.8) is 0 Å². The van der Waals surface area contributed by atoms with E-state index < -0.39 is 4.92 Å². The van der Waals surface area contributed by atoms with Gasteiger partial charge in [0, 0.05) is 43.2 Å². The van der Waals surface area contributed by atoms with Crippen LogP contribution in [0.1, 0.15) is 17.0 Å². The van der Waals surface area contributed by atoms with Gasteiger partial charge < -0.3 is 10.2 Å². The van der Waals surface area contributed by atoms with Crippen LogP contribution in [0.3, 0.4) is 0 Å². The molecule has 0 aliphatic rings. The summed E-state index contributed by atoms with van der Waals surface area (Å²) in [6.45, 7) is 4.30. The lowest BCUT2D eigenvalue weighted by molar-refractivity contribution is -0.384. The van der Waals surface area contributed by atoms with Crippen LogP contribution in [-0.4, -0.2) is 32.7 Å². The van der Waals surface area contributed by atoms with Crippen LogP contribution in [0.15, 0.2) is 24.3 Å². The predicted molar refractivity (Wildman–Crippen MR) is 93.5 cm³/mol. The Bertz CT molecular complexity index is 742. The molecule has 9 heteroatoms. The van der Waals surface area contributed by atoms with Gasteiger partial charge in [0.2, 0.25) is 0 Å². The number of nitro benzene ring substituents is 1. The first-order valence-corrected chi connectivity index (χ1v) is 7.05. The molecule has 0 saturated heterocycles. The fourth-order valence-corrected chi connectivity index (χ4v) is 2.24. The second-order valence-electron chi connectivity index (χ2n) is 5.36. The van der Waals surface area contributed by atoms with Gasteiger partial charge in [-0.3, -0.25) is 14.8 Å². The number of carbonyl (C=O) groups excluding carboxylic acids is 1. The van der Waals surface area contributed by atoms with E-state index in [0.717, 1.165) is 17.0 Å². The minimum atomic E-state index is -0.480. The minimum absolute atomic E-state index is 0. The zero-order valence-corrected chi connectivity index (χ0v) is 14.8. The van der Waals surface area contributed by atoms with Gasteiger partial charge in [0.15, 0.2) is 0 Å². The summed E-state index contributed by atoms with van der Waals surface area (Å²) in [7, 11) is 3.55. The van der Waals surface area contributed by atoms with Crippen molar-refractivity contribution in [1.29, 1.82) is 0 Å². The molecule has 1 aromatic carbocycles. The number of carbonyl (C=O) groups is 1. The third-order valence-corrected chi connectivity index (χ3v) is 3.73. The van der Waals surface area contributed by atoms with Crippen molar-refractivity contribution >= 4 is 29.8 Å². The van der Waals surface area contributed by atoms with E-state index in [1.807, 2.05) is 20.9 Å². The third kappa shape index (κ3) is 4.23. The van der Waals surface area contributed by atoms with Crippen LogP contribution in [0.25, 0.3) is 0 Å². The monoisotopic (exact) mass is 353 g/mol. The van der Waals surface area contributed by atoms with E-state index in [9.17, 15) is 14.9 Å². The van der Waals surface area contributed by atoms with Crippen LogP contribution in [-0.2, 0) is 13.6 Å². The van der Waals surface area contributed by atoms with Gasteiger partial charge in [-0.05, 0) is 26.0 Å². The van der Waals surface area contributed by atoms with Gasteiger partial charge in [0.05, 0.1) is 17.2 Å². The highest BCUT2D eigenvalue weighted by molar-refractivity contribution is 5.89. The van der Waals surface area contributed by atoms with Crippen LogP contribution >= 0.6 is 12.4 Å². The van der Waals surface area contributed by atoms with E-state index in [0.29, 0.717) is 12.2 Å². The molecule has 0 spiro atoms. The number of rotatable bonds is 4. The largest absolute Gasteiger partial charge is 0.323 e. The molecule has 0 aliphatic carbocycles. The summed E-state index contributed by atoms with van der Waals surface area (Å²) in [6.07, 6.45) is 0. The maximum atomic E-state index is 12.2. The third-order valence-electron chi connectivity index (χ3n) is 3.73. The van der Waals surface area contributed by atoms with Gasteiger partial charge in [0.1, 0.15) is 0 Å². The van der Waals surface area contributed by atoms with Gasteiger partial charge in [0.25, 0.3) is 5.69 Å². The van der Waals surface area contributed by atoms with Crippen molar-refractivity contribution < 1.29 is 9.72 Å². The number of nitrogens with zero attached hydrogens (tertiary/aromatic N) is 4. The van der Waals surface area contributed by atoms with Crippen LogP contribution < -0.4 is 5.32 Å².